The highest BCUT2D eigenvalue weighted by Crippen LogP contribution is 2.50. The number of aliphatic hydroxyl groups excluding tert-OH is 1. The van der Waals surface area contributed by atoms with Crippen molar-refractivity contribution in [1.82, 2.24) is 0 Å². The van der Waals surface area contributed by atoms with Crippen LogP contribution in [0.2, 0.25) is 0 Å². The number of hydrogen-bond donors (Lipinski definition) is 1. The molecule has 1 N–H and O–H groups in total. The van der Waals surface area contributed by atoms with Gasteiger partial charge >= 0.3 is 0 Å². The second kappa shape index (κ2) is 5.21. The highest BCUT2D eigenvalue weighted by atomic mass is 16.5. The van der Waals surface area contributed by atoms with E-state index in [4.69, 9.17) is 4.74 Å². The second-order valence-electron chi connectivity index (χ2n) is 7.44. The fourth-order valence-corrected chi connectivity index (χ4v) is 4.57. The molecule has 0 spiro atoms. The predicted octanol–water partition coefficient (Wildman–Crippen LogP) is 3.54. The number of allylic oxidation sites excluding steroid dienone is 2. The highest BCUT2D eigenvalue weighted by Gasteiger charge is 2.49. The van der Waals surface area contributed by atoms with Crippen LogP contribution in [0.3, 0.4) is 0 Å². The minimum Gasteiger partial charge on any atom is -0.396 e. The lowest BCUT2D eigenvalue weighted by atomic mass is 9.62. The third kappa shape index (κ3) is 2.38. The van der Waals surface area contributed by atoms with Gasteiger partial charge in [0, 0.05) is 5.41 Å². The van der Waals surface area contributed by atoms with Gasteiger partial charge in [0.15, 0.2) is 0 Å². The largest absolute Gasteiger partial charge is 0.396 e. The van der Waals surface area contributed by atoms with E-state index in [2.05, 4.69) is 26.0 Å². The number of aliphatic hydroxyl groups is 1. The molecule has 0 aromatic rings. The van der Waals surface area contributed by atoms with Crippen LogP contribution in [0.4, 0.5) is 0 Å². The van der Waals surface area contributed by atoms with Crippen LogP contribution in [0, 0.1) is 23.2 Å². The summed E-state index contributed by atoms with van der Waals surface area (Å²) < 4.78 is 6.52. The number of ether oxygens (including phenoxy) is 1. The number of fused-ring (bicyclic) bond motifs is 3. The highest BCUT2D eigenvalue weighted by molar-refractivity contribution is 5.08. The first kappa shape index (κ1) is 13.6. The van der Waals surface area contributed by atoms with Gasteiger partial charge in [-0.15, -0.1) is 0 Å². The lowest BCUT2D eigenvalue weighted by Gasteiger charge is -2.53. The molecule has 5 atom stereocenters. The molecule has 1 saturated heterocycles. The molecule has 2 heteroatoms. The van der Waals surface area contributed by atoms with Crippen molar-refractivity contribution in [3.8, 4) is 0 Å². The maximum atomic E-state index is 9.73. The molecular formula is C17H28O2. The van der Waals surface area contributed by atoms with E-state index in [0.29, 0.717) is 17.9 Å². The molecule has 1 saturated carbocycles. The molecule has 0 amide bonds. The van der Waals surface area contributed by atoms with E-state index in [9.17, 15) is 5.11 Å². The van der Waals surface area contributed by atoms with Crippen LogP contribution in [-0.2, 0) is 4.74 Å². The zero-order valence-electron chi connectivity index (χ0n) is 12.3. The van der Waals surface area contributed by atoms with Gasteiger partial charge in [0.05, 0.1) is 18.8 Å². The monoisotopic (exact) mass is 264 g/mol. The molecule has 108 valence electrons. The molecule has 0 aromatic carbocycles. The molecule has 19 heavy (non-hydrogen) atoms. The molecule has 3 aliphatic rings. The lowest BCUT2D eigenvalue weighted by molar-refractivity contribution is -0.195. The summed E-state index contributed by atoms with van der Waals surface area (Å²) in [7, 11) is 0. The molecule has 2 aliphatic carbocycles. The standard InChI is InChI=1S/C17H28O2/c1-17(2,11-18)16-14-9-4-3-7-12(14)13-8-5-6-10-15(13)19-16/h3,7,12-16,18H,4-6,8-11H2,1-2H3/t12-,13-,14+,15-,16+/m1/s1. The summed E-state index contributed by atoms with van der Waals surface area (Å²) in [5.74, 6) is 2.05. The Morgan fingerprint density at radius 3 is 2.74 bits per heavy atom. The average Bonchev–Trinajstić information content (AvgIpc) is 2.46. The van der Waals surface area contributed by atoms with Crippen LogP contribution in [-0.4, -0.2) is 23.9 Å². The van der Waals surface area contributed by atoms with Gasteiger partial charge in [-0.3, -0.25) is 0 Å². The first-order valence-corrected chi connectivity index (χ1v) is 8.06. The van der Waals surface area contributed by atoms with Crippen LogP contribution in [0.15, 0.2) is 12.2 Å². The SMILES string of the molecule is CC(C)(CO)[C@H]1O[C@@H]2CCCC[C@@H]2[C@H]2C=CCC[C@@H]21. The maximum absolute atomic E-state index is 9.73. The summed E-state index contributed by atoms with van der Waals surface area (Å²) in [5, 5.41) is 9.73. The summed E-state index contributed by atoms with van der Waals surface area (Å²) in [6.45, 7) is 4.55. The minimum absolute atomic E-state index is 0.115. The Hall–Kier alpha value is -0.340. The van der Waals surface area contributed by atoms with Crippen molar-refractivity contribution in [3.63, 3.8) is 0 Å². The Labute approximate surface area is 117 Å². The van der Waals surface area contributed by atoms with Crippen molar-refractivity contribution in [1.29, 1.82) is 0 Å². The Bertz CT molecular complexity index is 347. The second-order valence-corrected chi connectivity index (χ2v) is 7.44. The van der Waals surface area contributed by atoms with E-state index in [0.717, 1.165) is 5.92 Å². The van der Waals surface area contributed by atoms with Gasteiger partial charge in [0.1, 0.15) is 0 Å². The summed E-state index contributed by atoms with van der Waals surface area (Å²) in [5.41, 5.74) is -0.115. The maximum Gasteiger partial charge on any atom is 0.0685 e. The lowest BCUT2D eigenvalue weighted by Crippen LogP contribution is -2.54. The van der Waals surface area contributed by atoms with Gasteiger partial charge in [-0.05, 0) is 43.4 Å². The van der Waals surface area contributed by atoms with Crippen LogP contribution >= 0.6 is 0 Å². The quantitative estimate of drug-likeness (QED) is 0.773. The summed E-state index contributed by atoms with van der Waals surface area (Å²) in [6, 6.07) is 0. The summed E-state index contributed by atoms with van der Waals surface area (Å²) >= 11 is 0. The molecule has 3 rings (SSSR count). The van der Waals surface area contributed by atoms with Crippen LogP contribution in [0.5, 0.6) is 0 Å². The van der Waals surface area contributed by atoms with Crippen LogP contribution < -0.4 is 0 Å². The van der Waals surface area contributed by atoms with E-state index in [1.165, 1.54) is 38.5 Å². The third-order valence-corrected chi connectivity index (χ3v) is 5.66. The van der Waals surface area contributed by atoms with Crippen molar-refractivity contribution in [3.05, 3.63) is 12.2 Å². The van der Waals surface area contributed by atoms with Crippen molar-refractivity contribution >= 4 is 0 Å². The van der Waals surface area contributed by atoms with Crippen LogP contribution in [0.25, 0.3) is 0 Å². The van der Waals surface area contributed by atoms with E-state index in [1.54, 1.807) is 0 Å². The van der Waals surface area contributed by atoms with E-state index >= 15 is 0 Å². The molecule has 1 aliphatic heterocycles. The van der Waals surface area contributed by atoms with Gasteiger partial charge < -0.3 is 9.84 Å². The Kier molecular flexibility index (Phi) is 3.74. The summed E-state index contributed by atoms with van der Waals surface area (Å²) in [4.78, 5) is 0. The average molecular weight is 264 g/mol. The Balaban J connectivity index is 1.88. The third-order valence-electron chi connectivity index (χ3n) is 5.66. The van der Waals surface area contributed by atoms with Gasteiger partial charge in [0.25, 0.3) is 0 Å². The molecule has 2 nitrogen and oxygen atoms in total. The first-order chi connectivity index (χ1) is 9.13. The first-order valence-electron chi connectivity index (χ1n) is 8.06. The molecule has 2 fully saturated rings. The van der Waals surface area contributed by atoms with Crippen molar-refractivity contribution in [2.24, 2.45) is 23.2 Å². The molecular weight excluding hydrogens is 236 g/mol. The Morgan fingerprint density at radius 1 is 1.16 bits per heavy atom. The molecule has 0 unspecified atom stereocenters. The molecule has 0 bridgehead atoms. The topological polar surface area (TPSA) is 29.5 Å². The zero-order valence-corrected chi connectivity index (χ0v) is 12.3. The number of hydrogen-bond acceptors (Lipinski definition) is 2. The van der Waals surface area contributed by atoms with Crippen LogP contribution in [0.1, 0.15) is 52.4 Å². The van der Waals surface area contributed by atoms with Gasteiger partial charge in [0.2, 0.25) is 0 Å². The van der Waals surface area contributed by atoms with Crippen molar-refractivity contribution < 1.29 is 9.84 Å². The zero-order chi connectivity index (χ0) is 13.5. The molecule has 0 aromatic heterocycles. The van der Waals surface area contributed by atoms with E-state index in [-0.39, 0.29) is 18.1 Å². The smallest absolute Gasteiger partial charge is 0.0685 e. The normalized spacial score (nSPS) is 42.6. The van der Waals surface area contributed by atoms with Crippen molar-refractivity contribution in [2.75, 3.05) is 6.61 Å². The molecule has 0 radical (unpaired) electrons. The fourth-order valence-electron chi connectivity index (χ4n) is 4.57. The fraction of sp³-hybridized carbons (Fsp3) is 0.882. The van der Waals surface area contributed by atoms with Crippen molar-refractivity contribution in [2.45, 2.75) is 64.6 Å². The summed E-state index contributed by atoms with van der Waals surface area (Å²) in [6.07, 6.45) is 13.2. The van der Waals surface area contributed by atoms with Gasteiger partial charge in [-0.1, -0.05) is 38.8 Å². The number of rotatable bonds is 2. The minimum atomic E-state index is -0.115. The predicted molar refractivity (Wildman–Crippen MR) is 76.8 cm³/mol. The van der Waals surface area contributed by atoms with E-state index < -0.39 is 0 Å². The van der Waals surface area contributed by atoms with Gasteiger partial charge in [-0.2, -0.15) is 0 Å². The van der Waals surface area contributed by atoms with Gasteiger partial charge in [-0.25, -0.2) is 0 Å². The molecule has 1 heterocycles. The van der Waals surface area contributed by atoms with E-state index in [1.807, 2.05) is 0 Å². The Morgan fingerprint density at radius 2 is 1.95 bits per heavy atom.